The predicted molar refractivity (Wildman–Crippen MR) is 102 cm³/mol. The number of nitrogens with one attached hydrogen (secondary N) is 1. The summed E-state index contributed by atoms with van der Waals surface area (Å²) in [6, 6.07) is 5.47. The van der Waals surface area contributed by atoms with E-state index in [1.807, 2.05) is 6.20 Å². The second-order valence-corrected chi connectivity index (χ2v) is 8.96. The van der Waals surface area contributed by atoms with E-state index in [9.17, 15) is 0 Å². The van der Waals surface area contributed by atoms with Crippen LogP contribution in [0, 0.1) is 0 Å². The van der Waals surface area contributed by atoms with Crippen molar-refractivity contribution in [2.45, 2.75) is 58.0 Å². The zero-order valence-corrected chi connectivity index (χ0v) is 15.7. The van der Waals surface area contributed by atoms with Gasteiger partial charge in [0.2, 0.25) is 0 Å². The minimum absolute atomic E-state index is 0.203. The van der Waals surface area contributed by atoms with Gasteiger partial charge in [0.25, 0.3) is 0 Å². The Labute approximate surface area is 149 Å². The topological polar surface area (TPSA) is 28.2 Å². The van der Waals surface area contributed by atoms with Crippen molar-refractivity contribution in [2.75, 3.05) is 18.0 Å². The summed E-state index contributed by atoms with van der Waals surface area (Å²) in [5.41, 5.74) is 6.32. The van der Waals surface area contributed by atoms with E-state index in [1.165, 1.54) is 24.0 Å². The Morgan fingerprint density at radius 3 is 2.83 bits per heavy atom. The molecule has 1 fully saturated rings. The standard InChI is InChI=1S/C20H27N3S/c1-20(2,3)15-11-14-6-9-23(19-22-8-10-24-19)13-17(14)16(12-15)18-5-4-7-21-18/h8,10-12,18,21H,4-7,9,13H2,1-3H3/t18-/m0/s1. The third kappa shape index (κ3) is 2.98. The summed E-state index contributed by atoms with van der Waals surface area (Å²) in [6.45, 7) is 10.2. The van der Waals surface area contributed by atoms with E-state index < -0.39 is 0 Å². The number of fused-ring (bicyclic) bond motifs is 1. The molecule has 0 radical (unpaired) electrons. The third-order valence-corrected chi connectivity index (χ3v) is 6.20. The molecule has 1 saturated heterocycles. The number of nitrogens with zero attached hydrogens (tertiary/aromatic N) is 2. The lowest BCUT2D eigenvalue weighted by Crippen LogP contribution is -2.32. The maximum Gasteiger partial charge on any atom is 0.185 e. The van der Waals surface area contributed by atoms with E-state index in [4.69, 9.17) is 0 Å². The molecule has 1 N–H and O–H groups in total. The zero-order chi connectivity index (χ0) is 16.7. The van der Waals surface area contributed by atoms with Gasteiger partial charge in [-0.3, -0.25) is 0 Å². The van der Waals surface area contributed by atoms with Gasteiger partial charge in [-0.15, -0.1) is 11.3 Å². The summed E-state index contributed by atoms with van der Waals surface area (Å²) < 4.78 is 0. The molecule has 0 saturated carbocycles. The van der Waals surface area contributed by atoms with E-state index in [0.29, 0.717) is 6.04 Å². The molecule has 2 aliphatic heterocycles. The van der Waals surface area contributed by atoms with Crippen molar-refractivity contribution in [3.05, 3.63) is 46.0 Å². The first-order chi connectivity index (χ1) is 11.5. The van der Waals surface area contributed by atoms with E-state index in [-0.39, 0.29) is 5.41 Å². The largest absolute Gasteiger partial charge is 0.343 e. The van der Waals surface area contributed by atoms with Gasteiger partial charge in [-0.2, -0.15) is 0 Å². The second-order valence-electron chi connectivity index (χ2n) is 8.09. The predicted octanol–water partition coefficient (Wildman–Crippen LogP) is 4.43. The summed E-state index contributed by atoms with van der Waals surface area (Å²) in [7, 11) is 0. The van der Waals surface area contributed by atoms with Crippen LogP contribution in [0.3, 0.4) is 0 Å². The second kappa shape index (κ2) is 6.16. The van der Waals surface area contributed by atoms with Crippen LogP contribution >= 0.6 is 11.3 Å². The van der Waals surface area contributed by atoms with E-state index in [0.717, 1.165) is 31.2 Å². The molecule has 2 aromatic rings. The van der Waals surface area contributed by atoms with Crippen molar-refractivity contribution in [3.8, 4) is 0 Å². The molecule has 1 aromatic heterocycles. The molecule has 3 nitrogen and oxygen atoms in total. The van der Waals surface area contributed by atoms with E-state index in [2.05, 4.69) is 53.5 Å². The first kappa shape index (κ1) is 16.1. The highest BCUT2D eigenvalue weighted by molar-refractivity contribution is 7.13. The number of rotatable bonds is 2. The number of aromatic nitrogens is 1. The fourth-order valence-corrected chi connectivity index (χ4v) is 4.60. The Bertz CT molecular complexity index is 709. The van der Waals surface area contributed by atoms with Crippen molar-refractivity contribution < 1.29 is 0 Å². The fraction of sp³-hybridized carbons (Fsp3) is 0.550. The van der Waals surface area contributed by atoms with Crippen LogP contribution in [0.25, 0.3) is 0 Å². The lowest BCUT2D eigenvalue weighted by atomic mass is 9.80. The van der Waals surface area contributed by atoms with Gasteiger partial charge < -0.3 is 10.2 Å². The van der Waals surface area contributed by atoms with Gasteiger partial charge >= 0.3 is 0 Å². The quantitative estimate of drug-likeness (QED) is 0.876. The first-order valence-electron chi connectivity index (χ1n) is 9.06. The van der Waals surface area contributed by atoms with Gasteiger partial charge in [0.15, 0.2) is 5.13 Å². The van der Waals surface area contributed by atoms with Crippen LogP contribution in [0.15, 0.2) is 23.7 Å². The molecule has 128 valence electrons. The molecule has 1 aromatic carbocycles. The summed E-state index contributed by atoms with van der Waals surface area (Å²) in [5, 5.41) is 6.95. The monoisotopic (exact) mass is 341 g/mol. The number of thiazole rings is 1. The maximum absolute atomic E-state index is 4.53. The number of benzene rings is 1. The van der Waals surface area contributed by atoms with Gasteiger partial charge in [-0.25, -0.2) is 4.98 Å². The average molecular weight is 342 g/mol. The number of hydrogen-bond acceptors (Lipinski definition) is 4. The van der Waals surface area contributed by atoms with E-state index >= 15 is 0 Å². The molecular formula is C20H27N3S. The van der Waals surface area contributed by atoms with Gasteiger partial charge in [-0.1, -0.05) is 32.9 Å². The minimum Gasteiger partial charge on any atom is -0.343 e. The molecule has 24 heavy (non-hydrogen) atoms. The number of hydrogen-bond donors (Lipinski definition) is 1. The normalized spacial score (nSPS) is 21.1. The molecule has 1 atom stereocenters. The van der Waals surface area contributed by atoms with Crippen LogP contribution in [0.2, 0.25) is 0 Å². The van der Waals surface area contributed by atoms with Crippen molar-refractivity contribution in [3.63, 3.8) is 0 Å². The van der Waals surface area contributed by atoms with Crippen LogP contribution in [-0.4, -0.2) is 18.1 Å². The van der Waals surface area contributed by atoms with Crippen molar-refractivity contribution in [2.24, 2.45) is 0 Å². The summed E-state index contributed by atoms with van der Waals surface area (Å²) in [4.78, 5) is 6.97. The zero-order valence-electron chi connectivity index (χ0n) is 14.9. The van der Waals surface area contributed by atoms with Crippen LogP contribution in [0.4, 0.5) is 5.13 Å². The van der Waals surface area contributed by atoms with Crippen molar-refractivity contribution in [1.82, 2.24) is 10.3 Å². The molecule has 0 amide bonds. The Morgan fingerprint density at radius 1 is 1.29 bits per heavy atom. The molecule has 4 rings (SSSR count). The van der Waals surface area contributed by atoms with Gasteiger partial charge in [0.05, 0.1) is 0 Å². The third-order valence-electron chi connectivity index (χ3n) is 5.37. The highest BCUT2D eigenvalue weighted by Gasteiger charge is 2.28. The van der Waals surface area contributed by atoms with Gasteiger partial charge in [0, 0.05) is 30.7 Å². The van der Waals surface area contributed by atoms with Crippen molar-refractivity contribution >= 4 is 16.5 Å². The van der Waals surface area contributed by atoms with E-state index in [1.54, 1.807) is 22.5 Å². The Kier molecular flexibility index (Phi) is 4.13. The summed E-state index contributed by atoms with van der Waals surface area (Å²) in [6.07, 6.45) is 5.59. The highest BCUT2D eigenvalue weighted by atomic mass is 32.1. The van der Waals surface area contributed by atoms with Gasteiger partial charge in [-0.05, 0) is 53.5 Å². The Hall–Kier alpha value is -1.39. The molecule has 4 heteroatoms. The maximum atomic E-state index is 4.53. The minimum atomic E-state index is 0.203. The van der Waals surface area contributed by atoms with Crippen LogP contribution in [0.1, 0.15) is 61.9 Å². The van der Waals surface area contributed by atoms with Crippen LogP contribution in [0.5, 0.6) is 0 Å². The lowest BCUT2D eigenvalue weighted by molar-refractivity contribution is 0.576. The summed E-state index contributed by atoms with van der Waals surface area (Å²) >= 11 is 1.75. The average Bonchev–Trinajstić information content (AvgIpc) is 3.26. The van der Waals surface area contributed by atoms with Gasteiger partial charge in [0.1, 0.15) is 0 Å². The molecule has 0 bridgehead atoms. The molecule has 0 aliphatic carbocycles. The van der Waals surface area contributed by atoms with Crippen molar-refractivity contribution in [1.29, 1.82) is 0 Å². The SMILES string of the molecule is CC(C)(C)c1cc2c(c([C@@H]3CCCN3)c1)CN(c1nccs1)CC2. The highest BCUT2D eigenvalue weighted by Crippen LogP contribution is 2.37. The lowest BCUT2D eigenvalue weighted by Gasteiger charge is -2.33. The molecule has 0 spiro atoms. The smallest absolute Gasteiger partial charge is 0.185 e. The summed E-state index contributed by atoms with van der Waals surface area (Å²) in [5.74, 6) is 0. The fourth-order valence-electron chi connectivity index (χ4n) is 3.93. The molecular weight excluding hydrogens is 314 g/mol. The Balaban J connectivity index is 1.76. The number of anilines is 1. The molecule has 0 unspecified atom stereocenters. The molecule has 2 aliphatic rings. The first-order valence-corrected chi connectivity index (χ1v) is 9.94. The Morgan fingerprint density at radius 2 is 2.17 bits per heavy atom. The molecule has 3 heterocycles. The van der Waals surface area contributed by atoms with Crippen LogP contribution < -0.4 is 10.2 Å². The van der Waals surface area contributed by atoms with Crippen LogP contribution in [-0.2, 0) is 18.4 Å².